The molecule has 0 radical (unpaired) electrons. The summed E-state index contributed by atoms with van der Waals surface area (Å²) in [6, 6.07) is 2.76. The molecule has 0 spiro atoms. The van der Waals surface area contributed by atoms with Gasteiger partial charge in [0.25, 0.3) is 5.91 Å². The smallest absolute Gasteiger partial charge is 0.287 e. The van der Waals surface area contributed by atoms with E-state index < -0.39 is 6.04 Å². The van der Waals surface area contributed by atoms with Crippen LogP contribution in [0.2, 0.25) is 0 Å². The molecule has 1 saturated carbocycles. The van der Waals surface area contributed by atoms with Crippen molar-refractivity contribution >= 4 is 23.6 Å². The van der Waals surface area contributed by atoms with E-state index in [1.54, 1.807) is 23.9 Å². The van der Waals surface area contributed by atoms with Crippen molar-refractivity contribution in [2.75, 3.05) is 31.6 Å². The largest absolute Gasteiger partial charge is 0.459 e. The summed E-state index contributed by atoms with van der Waals surface area (Å²) >= 11 is 1.68. The molecule has 2 N–H and O–H groups in total. The Kier molecular flexibility index (Phi) is 8.48. The molecule has 1 aromatic rings. The lowest BCUT2D eigenvalue weighted by molar-refractivity contribution is -0.124. The third kappa shape index (κ3) is 6.01. The molecule has 6 nitrogen and oxygen atoms in total. The van der Waals surface area contributed by atoms with Gasteiger partial charge in [0.2, 0.25) is 5.91 Å². The zero-order valence-corrected chi connectivity index (χ0v) is 18.4. The van der Waals surface area contributed by atoms with Crippen LogP contribution in [0.3, 0.4) is 0 Å². The van der Waals surface area contributed by atoms with Crippen molar-refractivity contribution in [2.24, 2.45) is 0 Å². The Labute approximate surface area is 178 Å². The standard InChI is InChI=1S/C22H35N3O3S/c1-29-16-10-18(24-21(27)19-9-8-15-28-19)20(26)23-17-22(11-4-2-5-12-22)25-13-6-3-7-14-25/h8-9,15,18H,2-7,10-14,16-17H2,1H3,(H,23,26)(H,24,27). The molecule has 1 atom stereocenters. The minimum atomic E-state index is -0.540. The summed E-state index contributed by atoms with van der Waals surface area (Å²) < 4.78 is 5.18. The third-order valence-electron chi connectivity index (χ3n) is 6.38. The molecular formula is C22H35N3O3S. The van der Waals surface area contributed by atoms with Crippen LogP contribution in [0.15, 0.2) is 22.8 Å². The normalized spacial score (nSPS) is 20.7. The molecule has 29 heavy (non-hydrogen) atoms. The van der Waals surface area contributed by atoms with Crippen LogP contribution in [0.25, 0.3) is 0 Å². The average Bonchev–Trinajstić information content (AvgIpc) is 3.31. The Bertz CT molecular complexity index is 638. The number of amides is 2. The molecule has 1 saturated heterocycles. The van der Waals surface area contributed by atoms with Crippen molar-refractivity contribution in [2.45, 2.75) is 69.4 Å². The number of carbonyl (C=O) groups is 2. The van der Waals surface area contributed by atoms with Gasteiger partial charge in [-0.2, -0.15) is 11.8 Å². The summed E-state index contributed by atoms with van der Waals surface area (Å²) in [6.45, 7) is 2.96. The fourth-order valence-corrected chi connectivity index (χ4v) is 5.17. The monoisotopic (exact) mass is 421 g/mol. The fourth-order valence-electron chi connectivity index (χ4n) is 4.70. The molecule has 0 bridgehead atoms. The molecule has 1 aliphatic carbocycles. The quantitative estimate of drug-likeness (QED) is 0.639. The van der Waals surface area contributed by atoms with Gasteiger partial charge >= 0.3 is 0 Å². The molecule has 162 valence electrons. The highest BCUT2D eigenvalue weighted by Crippen LogP contribution is 2.35. The van der Waals surface area contributed by atoms with Crippen LogP contribution in [0.1, 0.15) is 68.3 Å². The van der Waals surface area contributed by atoms with E-state index in [4.69, 9.17) is 4.42 Å². The van der Waals surface area contributed by atoms with E-state index in [1.165, 1.54) is 44.8 Å². The fraction of sp³-hybridized carbons (Fsp3) is 0.727. The maximum Gasteiger partial charge on any atom is 0.287 e. The number of nitrogens with zero attached hydrogens (tertiary/aromatic N) is 1. The summed E-state index contributed by atoms with van der Waals surface area (Å²) in [5.41, 5.74) is 0.0867. The van der Waals surface area contributed by atoms with Gasteiger partial charge in [0, 0.05) is 12.1 Å². The van der Waals surface area contributed by atoms with E-state index >= 15 is 0 Å². The Morgan fingerprint density at radius 1 is 1.17 bits per heavy atom. The van der Waals surface area contributed by atoms with Crippen molar-refractivity contribution in [1.82, 2.24) is 15.5 Å². The topological polar surface area (TPSA) is 74.6 Å². The lowest BCUT2D eigenvalue weighted by Crippen LogP contribution is -2.59. The second kappa shape index (κ2) is 11.1. The average molecular weight is 422 g/mol. The van der Waals surface area contributed by atoms with Crippen LogP contribution >= 0.6 is 11.8 Å². The predicted molar refractivity (Wildman–Crippen MR) is 117 cm³/mol. The molecule has 3 rings (SSSR count). The molecule has 2 fully saturated rings. The number of likely N-dealkylation sites (tertiary alicyclic amines) is 1. The molecule has 2 amide bonds. The summed E-state index contributed by atoms with van der Waals surface area (Å²) in [7, 11) is 0. The number of piperidine rings is 1. The number of hydrogen-bond acceptors (Lipinski definition) is 5. The summed E-state index contributed by atoms with van der Waals surface area (Å²) in [5, 5.41) is 6.08. The zero-order chi connectivity index (χ0) is 20.5. The van der Waals surface area contributed by atoms with Gasteiger partial charge in [-0.15, -0.1) is 0 Å². The van der Waals surface area contributed by atoms with Gasteiger partial charge in [-0.3, -0.25) is 14.5 Å². The van der Waals surface area contributed by atoms with Gasteiger partial charge in [0.05, 0.1) is 6.26 Å². The number of hydrogen-bond donors (Lipinski definition) is 2. The Balaban J connectivity index is 1.62. The van der Waals surface area contributed by atoms with Gasteiger partial charge in [0.1, 0.15) is 6.04 Å². The highest BCUT2D eigenvalue weighted by Gasteiger charge is 2.39. The van der Waals surface area contributed by atoms with E-state index in [0.29, 0.717) is 13.0 Å². The first-order valence-corrected chi connectivity index (χ1v) is 12.4. The maximum absolute atomic E-state index is 13.0. The molecular weight excluding hydrogens is 386 g/mol. The molecule has 1 aliphatic heterocycles. The Morgan fingerprint density at radius 3 is 2.55 bits per heavy atom. The highest BCUT2D eigenvalue weighted by atomic mass is 32.2. The number of carbonyl (C=O) groups excluding carboxylic acids is 2. The van der Waals surface area contributed by atoms with Crippen LogP contribution in [0, 0.1) is 0 Å². The van der Waals surface area contributed by atoms with Crippen molar-refractivity contribution in [1.29, 1.82) is 0 Å². The first kappa shape index (κ1) is 22.2. The van der Waals surface area contributed by atoms with Gasteiger partial charge < -0.3 is 15.1 Å². The second-order valence-electron chi connectivity index (χ2n) is 8.34. The van der Waals surface area contributed by atoms with Crippen molar-refractivity contribution in [3.63, 3.8) is 0 Å². The van der Waals surface area contributed by atoms with Gasteiger partial charge in [-0.25, -0.2) is 0 Å². The summed E-state index contributed by atoms with van der Waals surface area (Å²) in [5.74, 6) is 0.637. The lowest BCUT2D eigenvalue weighted by Gasteiger charge is -2.48. The van der Waals surface area contributed by atoms with Crippen molar-refractivity contribution in [3.8, 4) is 0 Å². The van der Waals surface area contributed by atoms with Crippen LogP contribution in [-0.4, -0.2) is 59.9 Å². The van der Waals surface area contributed by atoms with Crippen LogP contribution in [0.4, 0.5) is 0 Å². The summed E-state index contributed by atoms with van der Waals surface area (Å²) in [4.78, 5) is 28.1. The van der Waals surface area contributed by atoms with Gasteiger partial charge in [-0.1, -0.05) is 25.7 Å². The molecule has 2 heterocycles. The number of furan rings is 1. The third-order valence-corrected chi connectivity index (χ3v) is 7.02. The van der Waals surface area contributed by atoms with E-state index in [-0.39, 0.29) is 23.1 Å². The minimum absolute atomic E-state index is 0.0825. The molecule has 0 aromatic carbocycles. The second-order valence-corrected chi connectivity index (χ2v) is 9.32. The van der Waals surface area contributed by atoms with Crippen LogP contribution < -0.4 is 10.6 Å². The van der Waals surface area contributed by atoms with Crippen molar-refractivity contribution < 1.29 is 14.0 Å². The van der Waals surface area contributed by atoms with Gasteiger partial charge in [-0.05, 0) is 69.3 Å². The maximum atomic E-state index is 13.0. The minimum Gasteiger partial charge on any atom is -0.459 e. The SMILES string of the molecule is CSCCC(NC(=O)c1ccco1)C(=O)NCC1(N2CCCCC2)CCCCC1. The lowest BCUT2D eigenvalue weighted by atomic mass is 9.79. The van der Waals surface area contributed by atoms with Crippen LogP contribution in [-0.2, 0) is 4.79 Å². The number of nitrogens with one attached hydrogen (secondary N) is 2. The van der Waals surface area contributed by atoms with E-state index in [0.717, 1.165) is 31.7 Å². The van der Waals surface area contributed by atoms with E-state index in [9.17, 15) is 9.59 Å². The first-order chi connectivity index (χ1) is 14.1. The van der Waals surface area contributed by atoms with E-state index in [1.807, 2.05) is 6.26 Å². The predicted octanol–water partition coefficient (Wildman–Crippen LogP) is 3.44. The first-order valence-electron chi connectivity index (χ1n) is 11.0. The highest BCUT2D eigenvalue weighted by molar-refractivity contribution is 7.98. The zero-order valence-electron chi connectivity index (χ0n) is 17.6. The molecule has 1 aromatic heterocycles. The Morgan fingerprint density at radius 2 is 1.90 bits per heavy atom. The molecule has 2 aliphatic rings. The van der Waals surface area contributed by atoms with Crippen molar-refractivity contribution in [3.05, 3.63) is 24.2 Å². The molecule has 7 heteroatoms. The Hall–Kier alpha value is -1.47. The number of thioether (sulfide) groups is 1. The van der Waals surface area contributed by atoms with E-state index in [2.05, 4.69) is 15.5 Å². The van der Waals surface area contributed by atoms with Gasteiger partial charge in [0.15, 0.2) is 5.76 Å². The van der Waals surface area contributed by atoms with Crippen LogP contribution in [0.5, 0.6) is 0 Å². The summed E-state index contributed by atoms with van der Waals surface area (Å²) in [6.07, 6.45) is 14.0. The number of rotatable bonds is 9. The molecule has 1 unspecified atom stereocenters.